The molecule has 0 radical (unpaired) electrons. The summed E-state index contributed by atoms with van der Waals surface area (Å²) in [6.45, 7) is 0.371. The Morgan fingerprint density at radius 3 is 2.34 bits per heavy atom. The molecule has 3 amide bonds. The number of fused-ring (bicyclic) bond motifs is 1. The highest BCUT2D eigenvalue weighted by molar-refractivity contribution is 7.99. The SMILES string of the molecule is COC(=O)c1ccc(CCSc2ccc3c(c2)/C(=N\NC(=O)Nc2ccc(C(F)(F)F)cc2Cl)C(=O)N3CCc2ccccc2)cc1. The number of urea groups is 1. The lowest BCUT2D eigenvalue weighted by Crippen LogP contribution is -2.34. The van der Waals surface area contributed by atoms with E-state index in [9.17, 15) is 27.6 Å². The highest BCUT2D eigenvalue weighted by atomic mass is 35.5. The number of nitrogens with one attached hydrogen (secondary N) is 2. The van der Waals surface area contributed by atoms with Crippen LogP contribution in [0.3, 0.4) is 0 Å². The molecule has 1 aliphatic rings. The van der Waals surface area contributed by atoms with Gasteiger partial charge in [-0.05, 0) is 72.5 Å². The first-order chi connectivity index (χ1) is 22.5. The van der Waals surface area contributed by atoms with E-state index in [1.165, 1.54) is 7.11 Å². The Hall–Kier alpha value is -4.81. The van der Waals surface area contributed by atoms with Gasteiger partial charge < -0.3 is 15.0 Å². The lowest BCUT2D eigenvalue weighted by molar-refractivity contribution is -0.137. The number of carbonyl (C=O) groups is 3. The predicted octanol–water partition coefficient (Wildman–Crippen LogP) is 7.60. The molecule has 0 aliphatic carbocycles. The number of rotatable bonds is 10. The minimum absolute atomic E-state index is 0.0163. The summed E-state index contributed by atoms with van der Waals surface area (Å²) in [7, 11) is 1.33. The minimum atomic E-state index is -4.59. The van der Waals surface area contributed by atoms with Crippen LogP contribution in [0.15, 0.2) is 101 Å². The molecule has 47 heavy (non-hydrogen) atoms. The van der Waals surface area contributed by atoms with E-state index in [1.807, 2.05) is 60.7 Å². The number of alkyl halides is 3. The van der Waals surface area contributed by atoms with Crippen LogP contribution in [0.4, 0.5) is 29.3 Å². The van der Waals surface area contributed by atoms with Crippen molar-refractivity contribution in [2.45, 2.75) is 23.9 Å². The van der Waals surface area contributed by atoms with Crippen LogP contribution in [-0.2, 0) is 28.5 Å². The lowest BCUT2D eigenvalue weighted by Gasteiger charge is -2.17. The van der Waals surface area contributed by atoms with E-state index in [0.717, 1.165) is 34.6 Å². The zero-order valence-corrected chi connectivity index (χ0v) is 26.5. The van der Waals surface area contributed by atoms with E-state index in [1.54, 1.807) is 28.8 Å². The predicted molar refractivity (Wildman–Crippen MR) is 176 cm³/mol. The van der Waals surface area contributed by atoms with Crippen LogP contribution in [0.5, 0.6) is 0 Å². The van der Waals surface area contributed by atoms with Gasteiger partial charge in [-0.2, -0.15) is 18.3 Å². The van der Waals surface area contributed by atoms with E-state index in [0.29, 0.717) is 41.6 Å². The molecule has 8 nitrogen and oxygen atoms in total. The molecule has 0 saturated heterocycles. The molecular formula is C34H28ClF3N4O4S. The molecule has 0 unspecified atom stereocenters. The molecule has 2 N–H and O–H groups in total. The quantitative estimate of drug-likeness (QED) is 0.102. The lowest BCUT2D eigenvalue weighted by atomic mass is 10.1. The van der Waals surface area contributed by atoms with E-state index in [2.05, 4.69) is 15.8 Å². The zero-order valence-electron chi connectivity index (χ0n) is 24.9. The van der Waals surface area contributed by atoms with Crippen molar-refractivity contribution in [1.29, 1.82) is 0 Å². The second kappa shape index (κ2) is 14.7. The van der Waals surface area contributed by atoms with Gasteiger partial charge in [0.15, 0.2) is 5.71 Å². The van der Waals surface area contributed by atoms with Gasteiger partial charge in [0.1, 0.15) is 0 Å². The normalized spacial score (nSPS) is 13.4. The average Bonchev–Trinajstić information content (AvgIpc) is 3.32. The Balaban J connectivity index is 1.31. The van der Waals surface area contributed by atoms with Crippen molar-refractivity contribution in [2.24, 2.45) is 5.10 Å². The molecule has 5 rings (SSSR count). The summed E-state index contributed by atoms with van der Waals surface area (Å²) in [6, 6.07) is 24.1. The number of thioether (sulfide) groups is 1. The van der Waals surface area contributed by atoms with E-state index in [4.69, 9.17) is 16.3 Å². The maximum absolute atomic E-state index is 13.6. The smallest absolute Gasteiger partial charge is 0.416 e. The zero-order chi connectivity index (χ0) is 33.6. The highest BCUT2D eigenvalue weighted by Gasteiger charge is 2.35. The number of esters is 1. The van der Waals surface area contributed by atoms with Gasteiger partial charge in [-0.25, -0.2) is 15.0 Å². The van der Waals surface area contributed by atoms with Crippen LogP contribution in [-0.4, -0.2) is 43.0 Å². The van der Waals surface area contributed by atoms with E-state index < -0.39 is 29.6 Å². The molecule has 13 heteroatoms. The molecule has 0 fully saturated rings. The number of benzene rings is 4. The average molecular weight is 681 g/mol. The van der Waals surface area contributed by atoms with Crippen molar-refractivity contribution in [3.05, 3.63) is 124 Å². The maximum Gasteiger partial charge on any atom is 0.416 e. The number of methoxy groups -OCH3 is 1. The summed E-state index contributed by atoms with van der Waals surface area (Å²) in [5.41, 5.74) is 5.02. The molecule has 242 valence electrons. The van der Waals surface area contributed by atoms with Crippen LogP contribution < -0.4 is 15.6 Å². The summed E-state index contributed by atoms with van der Waals surface area (Å²) in [4.78, 5) is 40.4. The van der Waals surface area contributed by atoms with Crippen LogP contribution in [0.25, 0.3) is 0 Å². The molecule has 0 saturated carbocycles. The van der Waals surface area contributed by atoms with Crippen LogP contribution in [0.2, 0.25) is 5.02 Å². The molecule has 0 spiro atoms. The molecule has 4 aromatic rings. The minimum Gasteiger partial charge on any atom is -0.465 e. The number of hydrazone groups is 1. The van der Waals surface area contributed by atoms with Crippen molar-refractivity contribution in [3.8, 4) is 0 Å². The summed E-state index contributed by atoms with van der Waals surface area (Å²) in [5.74, 6) is -0.0934. The fourth-order valence-electron chi connectivity index (χ4n) is 4.86. The summed E-state index contributed by atoms with van der Waals surface area (Å²) in [5, 5.41) is 6.18. The molecule has 1 aliphatic heterocycles. The molecule has 1 heterocycles. The largest absolute Gasteiger partial charge is 0.465 e. The van der Waals surface area contributed by atoms with Crippen LogP contribution >= 0.6 is 23.4 Å². The maximum atomic E-state index is 13.6. The van der Waals surface area contributed by atoms with Gasteiger partial charge in [0.25, 0.3) is 5.91 Å². The Labute approximate surface area is 277 Å². The third kappa shape index (κ3) is 8.32. The number of anilines is 2. The van der Waals surface area contributed by atoms with Crippen molar-refractivity contribution in [1.82, 2.24) is 5.43 Å². The van der Waals surface area contributed by atoms with Gasteiger partial charge >= 0.3 is 18.2 Å². The fourth-order valence-corrected chi connectivity index (χ4v) is 6.03. The standard InChI is InChI=1S/C34H28ClF3N4O4S/c1-46-32(44)23-9-7-22(8-10-23)16-18-47-25-12-14-29-26(20-25)30(31(43)42(29)17-15-21-5-3-2-4-6-21)40-41-33(45)39-28-13-11-24(19-27(28)35)34(36,37)38/h2-14,19-20H,15-18H2,1H3,(H2,39,41,45)/b40-30+. The van der Waals surface area contributed by atoms with Gasteiger partial charge in [0.2, 0.25) is 0 Å². The first kappa shape index (κ1) is 33.6. The Bertz CT molecular complexity index is 1820. The molecule has 0 atom stereocenters. The number of ether oxygens (including phenoxy) is 1. The molecule has 0 aromatic heterocycles. The Kier molecular flexibility index (Phi) is 10.5. The van der Waals surface area contributed by atoms with E-state index >= 15 is 0 Å². The van der Waals surface area contributed by atoms with E-state index in [-0.39, 0.29) is 16.4 Å². The fraction of sp³-hybridized carbons (Fsp3) is 0.176. The molecular weight excluding hydrogens is 653 g/mol. The number of carbonyl (C=O) groups excluding carboxylic acids is 3. The number of nitrogens with zero attached hydrogens (tertiary/aromatic N) is 2. The van der Waals surface area contributed by atoms with Crippen LogP contribution in [0.1, 0.15) is 32.6 Å². The van der Waals surface area contributed by atoms with Crippen molar-refractivity contribution in [3.63, 3.8) is 0 Å². The first-order valence-corrected chi connectivity index (χ1v) is 15.7. The van der Waals surface area contributed by atoms with Gasteiger partial charge in [-0.3, -0.25) is 4.79 Å². The molecule has 0 bridgehead atoms. The topological polar surface area (TPSA) is 100 Å². The van der Waals surface area contributed by atoms with Gasteiger partial charge in [-0.15, -0.1) is 11.8 Å². The van der Waals surface area contributed by atoms with Gasteiger partial charge in [0.05, 0.1) is 34.6 Å². The van der Waals surface area contributed by atoms with Gasteiger partial charge in [-0.1, -0.05) is 54.1 Å². The van der Waals surface area contributed by atoms with Crippen molar-refractivity contribution in [2.75, 3.05) is 29.6 Å². The number of amides is 3. The number of hydrogen-bond donors (Lipinski definition) is 2. The summed E-state index contributed by atoms with van der Waals surface area (Å²) >= 11 is 7.54. The first-order valence-electron chi connectivity index (χ1n) is 14.3. The number of halogens is 4. The highest BCUT2D eigenvalue weighted by Crippen LogP contribution is 2.35. The number of aryl methyl sites for hydroxylation is 1. The van der Waals surface area contributed by atoms with Crippen molar-refractivity contribution < 1.29 is 32.3 Å². The monoisotopic (exact) mass is 680 g/mol. The third-order valence-corrected chi connectivity index (χ3v) is 8.59. The van der Waals surface area contributed by atoms with Crippen molar-refractivity contribution >= 4 is 58.4 Å². The number of hydrogen-bond acceptors (Lipinski definition) is 6. The Morgan fingerprint density at radius 2 is 1.66 bits per heavy atom. The summed E-state index contributed by atoms with van der Waals surface area (Å²) < 4.78 is 43.7. The van der Waals surface area contributed by atoms with Crippen LogP contribution in [0, 0.1) is 0 Å². The second-order valence-corrected chi connectivity index (χ2v) is 12.0. The molecule has 4 aromatic carbocycles. The van der Waals surface area contributed by atoms with Gasteiger partial charge in [0, 0.05) is 22.8 Å². The second-order valence-electron chi connectivity index (χ2n) is 10.4. The Morgan fingerprint density at radius 1 is 0.936 bits per heavy atom. The summed E-state index contributed by atoms with van der Waals surface area (Å²) in [6.07, 6.45) is -3.28. The third-order valence-electron chi connectivity index (χ3n) is 7.28.